The maximum absolute atomic E-state index is 5.27. The first kappa shape index (κ1) is 14.5. The number of hydrogen-bond donors (Lipinski definition) is 1. The molecule has 1 heterocycles. The molecule has 20 heavy (non-hydrogen) atoms. The highest BCUT2D eigenvalue weighted by molar-refractivity contribution is 5.56. The lowest BCUT2D eigenvalue weighted by molar-refractivity contribution is 0.374. The second kappa shape index (κ2) is 7.05. The predicted octanol–water partition coefficient (Wildman–Crippen LogP) is 2.68. The Kier molecular flexibility index (Phi) is 5.12. The number of aryl methyl sites for hydroxylation is 1. The van der Waals surface area contributed by atoms with E-state index < -0.39 is 0 Å². The number of rotatable bonds is 7. The third-order valence-electron chi connectivity index (χ3n) is 2.92. The van der Waals surface area contributed by atoms with Crippen LogP contribution in [0.15, 0.2) is 28.8 Å². The molecule has 0 aliphatic heterocycles. The highest BCUT2D eigenvalue weighted by Crippen LogP contribution is 2.21. The van der Waals surface area contributed by atoms with Crippen molar-refractivity contribution >= 4 is 0 Å². The molecule has 2 rings (SSSR count). The second-order valence-electron chi connectivity index (χ2n) is 4.96. The smallest absolute Gasteiger partial charge is 0.227 e. The lowest BCUT2D eigenvalue weighted by Crippen LogP contribution is -2.23. The molecule has 0 unspecified atom stereocenters. The topological polar surface area (TPSA) is 60.2 Å². The first-order valence-corrected chi connectivity index (χ1v) is 6.89. The van der Waals surface area contributed by atoms with Crippen LogP contribution < -0.4 is 10.1 Å². The Morgan fingerprint density at radius 2 is 2.20 bits per heavy atom. The van der Waals surface area contributed by atoms with Gasteiger partial charge in [-0.05, 0) is 25.1 Å². The van der Waals surface area contributed by atoms with Crippen LogP contribution in [0.2, 0.25) is 0 Å². The first-order valence-electron chi connectivity index (χ1n) is 6.89. The zero-order chi connectivity index (χ0) is 14.4. The average molecular weight is 275 g/mol. The highest BCUT2D eigenvalue weighted by atomic mass is 16.5. The molecular weight excluding hydrogens is 254 g/mol. The summed E-state index contributed by atoms with van der Waals surface area (Å²) in [7, 11) is 1.64. The van der Waals surface area contributed by atoms with Crippen LogP contribution in [0.5, 0.6) is 5.75 Å². The van der Waals surface area contributed by atoms with Crippen LogP contribution in [-0.4, -0.2) is 29.8 Å². The number of hydrogen-bond acceptors (Lipinski definition) is 5. The fraction of sp³-hybridized carbons (Fsp3) is 0.467. The molecule has 0 aliphatic rings. The van der Waals surface area contributed by atoms with Gasteiger partial charge in [0.15, 0.2) is 0 Å². The van der Waals surface area contributed by atoms with Crippen molar-refractivity contribution in [2.45, 2.75) is 32.7 Å². The predicted molar refractivity (Wildman–Crippen MR) is 77.7 cm³/mol. The van der Waals surface area contributed by atoms with E-state index in [0.717, 1.165) is 30.7 Å². The fourth-order valence-corrected chi connectivity index (χ4v) is 1.87. The van der Waals surface area contributed by atoms with Gasteiger partial charge < -0.3 is 14.6 Å². The minimum atomic E-state index is 0.505. The summed E-state index contributed by atoms with van der Waals surface area (Å²) in [6, 6.07) is 8.15. The van der Waals surface area contributed by atoms with E-state index in [4.69, 9.17) is 9.26 Å². The van der Waals surface area contributed by atoms with E-state index in [1.54, 1.807) is 7.11 Å². The van der Waals surface area contributed by atoms with Gasteiger partial charge in [-0.1, -0.05) is 31.1 Å². The number of ether oxygens (including phenoxy) is 1. The summed E-state index contributed by atoms with van der Waals surface area (Å²) in [6.45, 7) is 5.22. The molecule has 0 aliphatic carbocycles. The van der Waals surface area contributed by atoms with Crippen molar-refractivity contribution in [3.8, 4) is 17.1 Å². The molecule has 0 saturated heterocycles. The molecule has 108 valence electrons. The van der Waals surface area contributed by atoms with Crippen molar-refractivity contribution in [3.05, 3.63) is 30.2 Å². The van der Waals surface area contributed by atoms with E-state index in [9.17, 15) is 0 Å². The lowest BCUT2D eigenvalue weighted by Gasteiger charge is -2.05. The van der Waals surface area contributed by atoms with Gasteiger partial charge in [0.2, 0.25) is 11.7 Å². The van der Waals surface area contributed by atoms with Gasteiger partial charge in [-0.25, -0.2) is 0 Å². The molecule has 1 aromatic carbocycles. The number of methoxy groups -OCH3 is 1. The van der Waals surface area contributed by atoms with Crippen molar-refractivity contribution < 1.29 is 9.26 Å². The zero-order valence-electron chi connectivity index (χ0n) is 12.2. The van der Waals surface area contributed by atoms with Gasteiger partial charge in [0.25, 0.3) is 0 Å². The second-order valence-corrected chi connectivity index (χ2v) is 4.96. The normalized spacial score (nSPS) is 11.0. The van der Waals surface area contributed by atoms with Crippen LogP contribution in [0.4, 0.5) is 0 Å². The standard InChI is InChI=1S/C15H21N3O2/c1-11(2)16-9-5-8-14-17-15(18-20-14)12-6-4-7-13(10-12)19-3/h4,6-7,10-11,16H,5,8-9H2,1-3H3. The molecule has 0 fully saturated rings. The summed E-state index contributed by atoms with van der Waals surface area (Å²) in [5.74, 6) is 2.07. The van der Waals surface area contributed by atoms with E-state index in [0.29, 0.717) is 17.8 Å². The monoisotopic (exact) mass is 275 g/mol. The van der Waals surface area contributed by atoms with Crippen LogP contribution in [-0.2, 0) is 6.42 Å². The maximum Gasteiger partial charge on any atom is 0.227 e. The quantitative estimate of drug-likeness (QED) is 0.787. The minimum Gasteiger partial charge on any atom is -0.497 e. The van der Waals surface area contributed by atoms with E-state index in [1.165, 1.54) is 0 Å². The number of benzene rings is 1. The molecule has 0 amide bonds. The lowest BCUT2D eigenvalue weighted by atomic mass is 10.2. The third kappa shape index (κ3) is 4.06. The molecule has 0 radical (unpaired) electrons. The van der Waals surface area contributed by atoms with Gasteiger partial charge >= 0.3 is 0 Å². The molecule has 0 bridgehead atoms. The summed E-state index contributed by atoms with van der Waals surface area (Å²) >= 11 is 0. The van der Waals surface area contributed by atoms with E-state index in [2.05, 4.69) is 29.3 Å². The van der Waals surface area contributed by atoms with Gasteiger partial charge in [-0.3, -0.25) is 0 Å². The van der Waals surface area contributed by atoms with Crippen LogP contribution in [0.25, 0.3) is 11.4 Å². The third-order valence-corrected chi connectivity index (χ3v) is 2.92. The average Bonchev–Trinajstić information content (AvgIpc) is 2.92. The van der Waals surface area contributed by atoms with Gasteiger partial charge in [0.05, 0.1) is 7.11 Å². The maximum atomic E-state index is 5.27. The molecule has 0 atom stereocenters. The summed E-state index contributed by atoms with van der Waals surface area (Å²) in [5.41, 5.74) is 0.902. The zero-order valence-corrected chi connectivity index (χ0v) is 12.2. The molecule has 0 spiro atoms. The molecule has 1 N–H and O–H groups in total. The van der Waals surface area contributed by atoms with Gasteiger partial charge in [0, 0.05) is 18.0 Å². The van der Waals surface area contributed by atoms with Crippen molar-refractivity contribution in [2.24, 2.45) is 0 Å². The summed E-state index contributed by atoms with van der Waals surface area (Å²) < 4.78 is 10.5. The van der Waals surface area contributed by atoms with Crippen LogP contribution in [0.3, 0.4) is 0 Å². The molecule has 5 nitrogen and oxygen atoms in total. The van der Waals surface area contributed by atoms with Crippen molar-refractivity contribution in [1.82, 2.24) is 15.5 Å². The van der Waals surface area contributed by atoms with Crippen molar-refractivity contribution in [3.63, 3.8) is 0 Å². The minimum absolute atomic E-state index is 0.505. The number of nitrogens with one attached hydrogen (secondary N) is 1. The largest absolute Gasteiger partial charge is 0.497 e. The van der Waals surface area contributed by atoms with Crippen molar-refractivity contribution in [1.29, 1.82) is 0 Å². The van der Waals surface area contributed by atoms with E-state index in [-0.39, 0.29) is 0 Å². The number of aromatic nitrogens is 2. The molecule has 5 heteroatoms. The molecule has 0 saturated carbocycles. The van der Waals surface area contributed by atoms with Gasteiger partial charge in [-0.2, -0.15) is 4.98 Å². The van der Waals surface area contributed by atoms with Crippen LogP contribution in [0.1, 0.15) is 26.2 Å². The van der Waals surface area contributed by atoms with Gasteiger partial charge in [-0.15, -0.1) is 0 Å². The van der Waals surface area contributed by atoms with Crippen LogP contribution in [0, 0.1) is 0 Å². The Morgan fingerprint density at radius 3 is 2.95 bits per heavy atom. The fourth-order valence-electron chi connectivity index (χ4n) is 1.87. The van der Waals surface area contributed by atoms with Crippen molar-refractivity contribution in [2.75, 3.05) is 13.7 Å². The summed E-state index contributed by atoms with van der Waals surface area (Å²) in [6.07, 6.45) is 1.77. The van der Waals surface area contributed by atoms with E-state index in [1.807, 2.05) is 24.3 Å². The Labute approximate surface area is 119 Å². The Balaban J connectivity index is 1.94. The van der Waals surface area contributed by atoms with Gasteiger partial charge in [0.1, 0.15) is 5.75 Å². The van der Waals surface area contributed by atoms with Crippen LogP contribution >= 0.6 is 0 Å². The highest BCUT2D eigenvalue weighted by Gasteiger charge is 2.09. The van der Waals surface area contributed by atoms with E-state index >= 15 is 0 Å². The molecular formula is C15H21N3O2. The molecule has 1 aromatic heterocycles. The Bertz CT molecular complexity index is 537. The summed E-state index contributed by atoms with van der Waals surface area (Å²) in [5, 5.41) is 7.38. The summed E-state index contributed by atoms with van der Waals surface area (Å²) in [4.78, 5) is 4.41. The SMILES string of the molecule is COc1cccc(-c2noc(CCCNC(C)C)n2)c1. The Hall–Kier alpha value is -1.88. The molecule has 2 aromatic rings. The first-order chi connectivity index (χ1) is 9.69. The number of nitrogens with zero attached hydrogens (tertiary/aromatic N) is 2. The Morgan fingerprint density at radius 1 is 1.35 bits per heavy atom.